The Morgan fingerprint density at radius 3 is 2.81 bits per heavy atom. The summed E-state index contributed by atoms with van der Waals surface area (Å²) in [5.74, 6) is 0.499. The molecular weight excluding hydrogens is 274 g/mol. The van der Waals surface area contributed by atoms with Crippen LogP contribution in [0.2, 0.25) is 0 Å². The second kappa shape index (κ2) is 6.53. The number of carbonyl (C=O) groups excluding carboxylic acids is 1. The van der Waals surface area contributed by atoms with E-state index in [4.69, 9.17) is 4.74 Å². The molecule has 1 saturated heterocycles. The molecule has 0 aromatic heterocycles. The van der Waals surface area contributed by atoms with Crippen LogP contribution < -0.4 is 15.4 Å². The number of amides is 1. The van der Waals surface area contributed by atoms with Crippen LogP contribution in [0, 0.1) is 22.0 Å². The molecule has 1 atom stereocenters. The number of rotatable bonds is 6. The molecule has 1 aromatic rings. The van der Waals surface area contributed by atoms with E-state index in [2.05, 4.69) is 10.6 Å². The highest BCUT2D eigenvalue weighted by Gasteiger charge is 2.28. The van der Waals surface area contributed by atoms with Gasteiger partial charge in [-0.25, -0.2) is 0 Å². The van der Waals surface area contributed by atoms with Gasteiger partial charge in [0.1, 0.15) is 0 Å². The summed E-state index contributed by atoms with van der Waals surface area (Å²) in [6.45, 7) is 3.90. The topological polar surface area (TPSA) is 93.5 Å². The lowest BCUT2D eigenvalue weighted by atomic mass is 9.88. The van der Waals surface area contributed by atoms with Gasteiger partial charge < -0.3 is 15.4 Å². The molecule has 0 spiro atoms. The minimum absolute atomic E-state index is 0.0278. The molecule has 1 unspecified atom stereocenters. The lowest BCUT2D eigenvalue weighted by molar-refractivity contribution is -0.385. The van der Waals surface area contributed by atoms with Crippen molar-refractivity contribution in [3.05, 3.63) is 33.9 Å². The molecule has 114 valence electrons. The molecular formula is C14H19N3O4. The summed E-state index contributed by atoms with van der Waals surface area (Å²) >= 11 is 0. The number of carbonyl (C=O) groups is 1. The number of ether oxygens (including phenoxy) is 1. The van der Waals surface area contributed by atoms with E-state index in [0.29, 0.717) is 11.5 Å². The van der Waals surface area contributed by atoms with Gasteiger partial charge in [-0.15, -0.1) is 0 Å². The van der Waals surface area contributed by atoms with Crippen LogP contribution in [0.5, 0.6) is 5.75 Å². The minimum atomic E-state index is -0.493. The number of hydrogen-bond donors (Lipinski definition) is 2. The minimum Gasteiger partial charge on any atom is -0.490 e. The number of nitro groups is 1. The van der Waals surface area contributed by atoms with Crippen LogP contribution in [0.1, 0.15) is 12.5 Å². The van der Waals surface area contributed by atoms with Gasteiger partial charge >= 0.3 is 5.69 Å². The maximum atomic E-state index is 12.0. The second-order valence-corrected chi connectivity index (χ2v) is 5.19. The fourth-order valence-electron chi connectivity index (χ4n) is 2.22. The van der Waals surface area contributed by atoms with E-state index in [1.54, 1.807) is 12.1 Å². The summed E-state index contributed by atoms with van der Waals surface area (Å²) in [6.07, 6.45) is 0. The highest BCUT2D eigenvalue weighted by atomic mass is 16.6. The molecule has 21 heavy (non-hydrogen) atoms. The molecule has 2 N–H and O–H groups in total. The molecule has 7 heteroatoms. The summed E-state index contributed by atoms with van der Waals surface area (Å²) in [4.78, 5) is 22.4. The third-order valence-corrected chi connectivity index (χ3v) is 3.84. The zero-order chi connectivity index (χ0) is 15.4. The number of benzene rings is 1. The zero-order valence-electron chi connectivity index (χ0n) is 12.1. The van der Waals surface area contributed by atoms with Crippen molar-refractivity contribution in [1.82, 2.24) is 10.6 Å². The van der Waals surface area contributed by atoms with Crippen LogP contribution in [0.3, 0.4) is 0 Å². The SMILES string of the molecule is COc1ccc(CNC(=O)C(C)C2CNC2)cc1[N+](=O)[O-]. The van der Waals surface area contributed by atoms with E-state index in [-0.39, 0.29) is 29.8 Å². The maximum Gasteiger partial charge on any atom is 0.311 e. The van der Waals surface area contributed by atoms with Gasteiger partial charge in [0.25, 0.3) is 0 Å². The van der Waals surface area contributed by atoms with Crippen molar-refractivity contribution in [3.8, 4) is 5.75 Å². The van der Waals surface area contributed by atoms with E-state index in [1.807, 2.05) is 6.92 Å². The molecule has 0 radical (unpaired) electrons. The van der Waals surface area contributed by atoms with Crippen LogP contribution in [-0.4, -0.2) is 31.0 Å². The highest BCUT2D eigenvalue weighted by Crippen LogP contribution is 2.27. The number of nitrogens with zero attached hydrogens (tertiary/aromatic N) is 1. The lowest BCUT2D eigenvalue weighted by Crippen LogP contribution is -2.49. The predicted octanol–water partition coefficient (Wildman–Crippen LogP) is 1.08. The normalized spacial score (nSPS) is 15.9. The quantitative estimate of drug-likeness (QED) is 0.604. The van der Waals surface area contributed by atoms with Crippen molar-refractivity contribution in [3.63, 3.8) is 0 Å². The zero-order valence-corrected chi connectivity index (χ0v) is 12.1. The van der Waals surface area contributed by atoms with Crippen molar-refractivity contribution >= 4 is 11.6 Å². The second-order valence-electron chi connectivity index (χ2n) is 5.19. The molecule has 1 amide bonds. The van der Waals surface area contributed by atoms with Crippen LogP contribution in [0.15, 0.2) is 18.2 Å². The molecule has 1 aliphatic heterocycles. The molecule has 1 fully saturated rings. The summed E-state index contributed by atoms with van der Waals surface area (Å²) in [6, 6.07) is 4.68. The molecule has 0 bridgehead atoms. The number of hydrogen-bond acceptors (Lipinski definition) is 5. The Labute approximate surface area is 122 Å². The number of nitro benzene ring substituents is 1. The molecule has 2 rings (SSSR count). The van der Waals surface area contributed by atoms with Crippen molar-refractivity contribution in [2.24, 2.45) is 11.8 Å². The van der Waals surface area contributed by atoms with E-state index in [9.17, 15) is 14.9 Å². The standard InChI is InChI=1S/C14H19N3O4/c1-9(11-7-15-8-11)14(18)16-6-10-3-4-13(21-2)12(5-10)17(19)20/h3-5,9,11,15H,6-8H2,1-2H3,(H,16,18). The first-order valence-electron chi connectivity index (χ1n) is 6.82. The Kier molecular flexibility index (Phi) is 4.74. The Hall–Kier alpha value is -2.15. The van der Waals surface area contributed by atoms with Gasteiger partial charge in [0, 0.05) is 18.5 Å². The Morgan fingerprint density at radius 2 is 2.29 bits per heavy atom. The summed E-state index contributed by atoms with van der Waals surface area (Å²) in [7, 11) is 1.39. The van der Waals surface area contributed by atoms with Crippen LogP contribution in [-0.2, 0) is 11.3 Å². The average molecular weight is 293 g/mol. The van der Waals surface area contributed by atoms with Crippen molar-refractivity contribution in [1.29, 1.82) is 0 Å². The van der Waals surface area contributed by atoms with Crippen LogP contribution >= 0.6 is 0 Å². The van der Waals surface area contributed by atoms with Crippen LogP contribution in [0.25, 0.3) is 0 Å². The summed E-state index contributed by atoms with van der Waals surface area (Å²) in [5, 5.41) is 16.9. The summed E-state index contributed by atoms with van der Waals surface area (Å²) < 4.78 is 4.94. The smallest absolute Gasteiger partial charge is 0.311 e. The maximum absolute atomic E-state index is 12.0. The van der Waals surface area contributed by atoms with Gasteiger partial charge in [-0.2, -0.15) is 0 Å². The van der Waals surface area contributed by atoms with Crippen molar-refractivity contribution in [2.75, 3.05) is 20.2 Å². The Balaban J connectivity index is 1.98. The van der Waals surface area contributed by atoms with Gasteiger partial charge in [-0.05, 0) is 30.6 Å². The molecule has 1 aliphatic rings. The van der Waals surface area contributed by atoms with Crippen molar-refractivity contribution < 1.29 is 14.5 Å². The van der Waals surface area contributed by atoms with Gasteiger partial charge in [-0.1, -0.05) is 13.0 Å². The number of methoxy groups -OCH3 is 1. The predicted molar refractivity (Wildman–Crippen MR) is 77.0 cm³/mol. The molecule has 7 nitrogen and oxygen atoms in total. The van der Waals surface area contributed by atoms with Crippen LogP contribution in [0.4, 0.5) is 5.69 Å². The van der Waals surface area contributed by atoms with Crippen molar-refractivity contribution in [2.45, 2.75) is 13.5 Å². The van der Waals surface area contributed by atoms with Gasteiger partial charge in [-0.3, -0.25) is 14.9 Å². The van der Waals surface area contributed by atoms with E-state index in [1.165, 1.54) is 13.2 Å². The van der Waals surface area contributed by atoms with E-state index in [0.717, 1.165) is 13.1 Å². The summed E-state index contributed by atoms with van der Waals surface area (Å²) in [5.41, 5.74) is 0.579. The first-order valence-corrected chi connectivity index (χ1v) is 6.82. The monoisotopic (exact) mass is 293 g/mol. The van der Waals surface area contributed by atoms with E-state index < -0.39 is 4.92 Å². The molecule has 1 aromatic carbocycles. The average Bonchev–Trinajstić information content (AvgIpc) is 2.42. The Morgan fingerprint density at radius 1 is 1.57 bits per heavy atom. The number of nitrogens with one attached hydrogen (secondary N) is 2. The largest absolute Gasteiger partial charge is 0.490 e. The first-order chi connectivity index (χ1) is 10.0. The first kappa shape index (κ1) is 15.2. The van der Waals surface area contributed by atoms with Gasteiger partial charge in [0.05, 0.1) is 12.0 Å². The molecule has 0 saturated carbocycles. The molecule has 1 heterocycles. The van der Waals surface area contributed by atoms with Gasteiger partial charge in [0.15, 0.2) is 5.75 Å². The fourth-order valence-corrected chi connectivity index (χ4v) is 2.22. The Bertz CT molecular complexity index is 543. The third kappa shape index (κ3) is 3.49. The highest BCUT2D eigenvalue weighted by molar-refractivity contribution is 5.78. The molecule has 0 aliphatic carbocycles. The third-order valence-electron chi connectivity index (χ3n) is 3.84. The fraction of sp³-hybridized carbons (Fsp3) is 0.500. The van der Waals surface area contributed by atoms with E-state index >= 15 is 0 Å². The lowest BCUT2D eigenvalue weighted by Gasteiger charge is -2.31. The van der Waals surface area contributed by atoms with Gasteiger partial charge in [0.2, 0.25) is 5.91 Å².